The second-order valence-corrected chi connectivity index (χ2v) is 5.19. The summed E-state index contributed by atoms with van der Waals surface area (Å²) in [5.41, 5.74) is 1.13. The Labute approximate surface area is 149 Å². The molecule has 0 radical (unpaired) electrons. The Morgan fingerprint density at radius 1 is 1.33 bits per heavy atom. The lowest BCUT2D eigenvalue weighted by Gasteiger charge is -2.12. The second-order valence-electron chi connectivity index (χ2n) is 4.76. The number of nitrogens with zero attached hydrogens (tertiary/aromatic N) is 1. The number of ether oxygens (including phenoxy) is 1. The minimum Gasteiger partial charge on any atom is -0.379 e. The lowest BCUT2D eigenvalue weighted by Crippen LogP contribution is -2.37. The minimum atomic E-state index is 0. The van der Waals surface area contributed by atoms with Crippen LogP contribution in [-0.2, 0) is 11.3 Å². The van der Waals surface area contributed by atoms with Crippen LogP contribution < -0.4 is 10.6 Å². The summed E-state index contributed by atoms with van der Waals surface area (Å²) in [7, 11) is 1.76. The van der Waals surface area contributed by atoms with Crippen molar-refractivity contribution >= 4 is 41.5 Å². The second kappa shape index (κ2) is 12.1. The number of nitrogens with one attached hydrogen (secondary N) is 2. The summed E-state index contributed by atoms with van der Waals surface area (Å²) in [5.74, 6) is 0.787. The van der Waals surface area contributed by atoms with Crippen molar-refractivity contribution in [2.75, 3.05) is 20.2 Å². The van der Waals surface area contributed by atoms with E-state index < -0.39 is 0 Å². The summed E-state index contributed by atoms with van der Waals surface area (Å²) in [5, 5.41) is 7.25. The highest BCUT2D eigenvalue weighted by atomic mass is 127. The molecule has 1 aromatic carbocycles. The van der Waals surface area contributed by atoms with Crippen LogP contribution in [0.2, 0.25) is 5.02 Å². The number of hydrogen-bond donors (Lipinski definition) is 2. The third kappa shape index (κ3) is 9.92. The van der Waals surface area contributed by atoms with Crippen LogP contribution in [0.5, 0.6) is 0 Å². The van der Waals surface area contributed by atoms with Crippen molar-refractivity contribution in [1.29, 1.82) is 0 Å². The summed E-state index contributed by atoms with van der Waals surface area (Å²) in [6, 6.07) is 7.78. The number of rotatable bonds is 7. The van der Waals surface area contributed by atoms with Gasteiger partial charge in [0.2, 0.25) is 0 Å². The molecule has 0 aliphatic carbocycles. The van der Waals surface area contributed by atoms with Crippen molar-refractivity contribution in [2.45, 2.75) is 32.9 Å². The van der Waals surface area contributed by atoms with Crippen LogP contribution in [0, 0.1) is 0 Å². The number of halogens is 2. The molecule has 1 aromatic rings. The van der Waals surface area contributed by atoms with Crippen molar-refractivity contribution < 1.29 is 4.74 Å². The standard InChI is InChI=1S/C15H24ClN3O.HI/c1-12(2)20-9-5-8-18-15(17-3)19-11-13-6-4-7-14(16)10-13;/h4,6-7,10,12H,5,8-9,11H2,1-3H3,(H2,17,18,19);1H. The number of aliphatic imine (C=N–C) groups is 1. The van der Waals surface area contributed by atoms with Gasteiger partial charge in [-0.25, -0.2) is 0 Å². The van der Waals surface area contributed by atoms with Crippen LogP contribution in [0.3, 0.4) is 0 Å². The number of benzene rings is 1. The SMILES string of the molecule is CN=C(NCCCOC(C)C)NCc1cccc(Cl)c1.I. The molecule has 0 heterocycles. The van der Waals surface area contributed by atoms with Gasteiger partial charge in [0.05, 0.1) is 6.10 Å². The summed E-state index contributed by atoms with van der Waals surface area (Å²) in [6.07, 6.45) is 1.24. The Morgan fingerprint density at radius 2 is 2.10 bits per heavy atom. The van der Waals surface area contributed by atoms with E-state index in [9.17, 15) is 0 Å². The predicted octanol–water partition coefficient (Wildman–Crippen LogP) is 3.44. The summed E-state index contributed by atoms with van der Waals surface area (Å²) in [4.78, 5) is 4.18. The zero-order chi connectivity index (χ0) is 14.8. The highest BCUT2D eigenvalue weighted by Crippen LogP contribution is 2.10. The van der Waals surface area contributed by atoms with Gasteiger partial charge in [-0.1, -0.05) is 23.7 Å². The maximum absolute atomic E-state index is 5.95. The van der Waals surface area contributed by atoms with Gasteiger partial charge in [0.25, 0.3) is 0 Å². The summed E-state index contributed by atoms with van der Waals surface area (Å²) in [6.45, 7) is 6.37. The van der Waals surface area contributed by atoms with E-state index in [0.29, 0.717) is 6.54 Å². The van der Waals surface area contributed by atoms with E-state index in [1.54, 1.807) is 7.05 Å². The molecule has 0 amide bonds. The lowest BCUT2D eigenvalue weighted by molar-refractivity contribution is 0.0776. The highest BCUT2D eigenvalue weighted by Gasteiger charge is 1.99. The molecule has 0 spiro atoms. The van der Waals surface area contributed by atoms with Crippen molar-refractivity contribution in [2.24, 2.45) is 4.99 Å². The normalized spacial score (nSPS) is 11.2. The average molecular weight is 426 g/mol. The van der Waals surface area contributed by atoms with Gasteiger partial charge >= 0.3 is 0 Å². The molecule has 0 bridgehead atoms. The highest BCUT2D eigenvalue weighted by molar-refractivity contribution is 14.0. The quantitative estimate of drug-likeness (QED) is 0.304. The van der Waals surface area contributed by atoms with E-state index in [4.69, 9.17) is 16.3 Å². The van der Waals surface area contributed by atoms with E-state index in [1.165, 1.54) is 0 Å². The fourth-order valence-electron chi connectivity index (χ4n) is 1.65. The Morgan fingerprint density at radius 3 is 2.71 bits per heavy atom. The molecular formula is C15H25ClIN3O. The molecule has 6 heteroatoms. The van der Waals surface area contributed by atoms with Crippen LogP contribution in [0.4, 0.5) is 0 Å². The van der Waals surface area contributed by atoms with Gasteiger partial charge in [0.15, 0.2) is 5.96 Å². The first-order chi connectivity index (χ1) is 9.61. The molecule has 0 aliphatic rings. The van der Waals surface area contributed by atoms with Crippen LogP contribution >= 0.6 is 35.6 Å². The van der Waals surface area contributed by atoms with Crippen LogP contribution in [0.25, 0.3) is 0 Å². The monoisotopic (exact) mass is 425 g/mol. The molecule has 0 saturated carbocycles. The first-order valence-corrected chi connectivity index (χ1v) is 7.30. The minimum absolute atomic E-state index is 0. The maximum atomic E-state index is 5.95. The van der Waals surface area contributed by atoms with Crippen LogP contribution in [0.1, 0.15) is 25.8 Å². The van der Waals surface area contributed by atoms with Gasteiger partial charge in [-0.15, -0.1) is 24.0 Å². The third-order valence-electron chi connectivity index (χ3n) is 2.64. The summed E-state index contributed by atoms with van der Waals surface area (Å²) >= 11 is 5.95. The van der Waals surface area contributed by atoms with Gasteiger partial charge in [-0.2, -0.15) is 0 Å². The Balaban J connectivity index is 0.00000400. The molecule has 0 fully saturated rings. The topological polar surface area (TPSA) is 45.7 Å². The van der Waals surface area contributed by atoms with E-state index >= 15 is 0 Å². The molecule has 0 saturated heterocycles. The molecule has 2 N–H and O–H groups in total. The fourth-order valence-corrected chi connectivity index (χ4v) is 1.86. The lowest BCUT2D eigenvalue weighted by atomic mass is 10.2. The first-order valence-electron chi connectivity index (χ1n) is 6.92. The van der Waals surface area contributed by atoms with Gasteiger partial charge in [-0.05, 0) is 38.0 Å². The van der Waals surface area contributed by atoms with Crippen molar-refractivity contribution in [3.05, 3.63) is 34.9 Å². The molecule has 1 rings (SSSR count). The molecule has 0 aliphatic heterocycles. The molecule has 0 atom stereocenters. The molecule has 0 unspecified atom stereocenters. The third-order valence-corrected chi connectivity index (χ3v) is 2.87. The molecule has 0 aromatic heterocycles. The molecular weight excluding hydrogens is 401 g/mol. The van der Waals surface area contributed by atoms with Gasteiger partial charge in [-0.3, -0.25) is 4.99 Å². The predicted molar refractivity (Wildman–Crippen MR) is 101 cm³/mol. The first kappa shape index (κ1) is 20.5. The largest absolute Gasteiger partial charge is 0.379 e. The van der Waals surface area contributed by atoms with Crippen LogP contribution in [-0.4, -0.2) is 32.3 Å². The maximum Gasteiger partial charge on any atom is 0.191 e. The van der Waals surface area contributed by atoms with Crippen molar-refractivity contribution in [3.8, 4) is 0 Å². The fraction of sp³-hybridized carbons (Fsp3) is 0.533. The zero-order valence-corrected chi connectivity index (χ0v) is 15.9. The number of hydrogen-bond acceptors (Lipinski definition) is 2. The molecule has 120 valence electrons. The Kier molecular flexibility index (Phi) is 11.8. The zero-order valence-electron chi connectivity index (χ0n) is 12.9. The van der Waals surface area contributed by atoms with Crippen molar-refractivity contribution in [1.82, 2.24) is 10.6 Å². The van der Waals surface area contributed by atoms with Gasteiger partial charge in [0.1, 0.15) is 0 Å². The van der Waals surface area contributed by atoms with Crippen molar-refractivity contribution in [3.63, 3.8) is 0 Å². The number of guanidine groups is 1. The van der Waals surface area contributed by atoms with Gasteiger partial charge < -0.3 is 15.4 Å². The van der Waals surface area contributed by atoms with E-state index in [2.05, 4.69) is 15.6 Å². The van der Waals surface area contributed by atoms with E-state index in [0.717, 1.165) is 36.1 Å². The Bertz CT molecular complexity index is 427. The van der Waals surface area contributed by atoms with E-state index in [-0.39, 0.29) is 30.1 Å². The van der Waals surface area contributed by atoms with Gasteiger partial charge in [0, 0.05) is 31.8 Å². The molecule has 21 heavy (non-hydrogen) atoms. The molecule has 4 nitrogen and oxygen atoms in total. The van der Waals surface area contributed by atoms with E-state index in [1.807, 2.05) is 38.1 Å². The Hall–Kier alpha value is -0.530. The smallest absolute Gasteiger partial charge is 0.191 e. The van der Waals surface area contributed by atoms with Crippen LogP contribution in [0.15, 0.2) is 29.3 Å². The average Bonchev–Trinajstić information content (AvgIpc) is 2.41. The summed E-state index contributed by atoms with van der Waals surface area (Å²) < 4.78 is 5.48.